The molecule has 0 aromatic carbocycles. The third kappa shape index (κ3) is 2.50. The lowest BCUT2D eigenvalue weighted by atomic mass is 10.1. The van der Waals surface area contributed by atoms with Crippen LogP contribution in [-0.2, 0) is 17.7 Å². The Balaban J connectivity index is 2.01. The van der Waals surface area contributed by atoms with Crippen LogP contribution in [0.1, 0.15) is 11.3 Å². The molecule has 1 saturated heterocycles. The van der Waals surface area contributed by atoms with E-state index in [1.165, 1.54) is 11.3 Å². The van der Waals surface area contributed by atoms with E-state index in [-0.39, 0.29) is 0 Å². The second-order valence-corrected chi connectivity index (χ2v) is 5.19. The Morgan fingerprint density at radius 1 is 1.21 bits per heavy atom. The summed E-state index contributed by atoms with van der Waals surface area (Å²) in [5.74, 6) is 1.89. The van der Waals surface area contributed by atoms with Crippen LogP contribution in [0.25, 0.3) is 0 Å². The van der Waals surface area contributed by atoms with Gasteiger partial charge in [-0.05, 0) is 0 Å². The van der Waals surface area contributed by atoms with Crippen molar-refractivity contribution >= 4 is 11.8 Å². The van der Waals surface area contributed by atoms with Crippen molar-refractivity contribution in [2.75, 3.05) is 56.7 Å². The molecular weight excluding hydrogens is 242 g/mol. The predicted octanol–water partition coefficient (Wildman–Crippen LogP) is 0.0249. The molecule has 0 atom stereocenters. The largest absolute Gasteiger partial charge is 0.378 e. The van der Waals surface area contributed by atoms with Crippen molar-refractivity contribution in [1.82, 2.24) is 15.3 Å². The molecule has 3 rings (SSSR count). The van der Waals surface area contributed by atoms with Crippen LogP contribution in [0.2, 0.25) is 0 Å². The molecule has 104 valence electrons. The van der Waals surface area contributed by atoms with E-state index >= 15 is 0 Å². The number of rotatable bonds is 2. The van der Waals surface area contributed by atoms with Gasteiger partial charge in [0.1, 0.15) is 5.82 Å². The molecule has 0 amide bonds. The molecule has 1 aromatic rings. The summed E-state index contributed by atoms with van der Waals surface area (Å²) in [5, 5.41) is 3.42. The smallest absolute Gasteiger partial charge is 0.227 e. The normalized spacial score (nSPS) is 19.2. The molecule has 1 fully saturated rings. The highest BCUT2D eigenvalue weighted by Gasteiger charge is 2.23. The van der Waals surface area contributed by atoms with Gasteiger partial charge in [-0.1, -0.05) is 0 Å². The number of nitrogens with one attached hydrogen (secondary N) is 1. The van der Waals surface area contributed by atoms with Gasteiger partial charge in [0, 0.05) is 52.3 Å². The molecule has 0 bridgehead atoms. The first-order valence-electron chi connectivity index (χ1n) is 6.86. The Labute approximate surface area is 113 Å². The van der Waals surface area contributed by atoms with Crippen molar-refractivity contribution in [3.8, 4) is 0 Å². The van der Waals surface area contributed by atoms with E-state index in [0.717, 1.165) is 57.6 Å². The van der Waals surface area contributed by atoms with E-state index in [4.69, 9.17) is 9.72 Å². The summed E-state index contributed by atoms with van der Waals surface area (Å²) >= 11 is 0. The number of morpholine rings is 1. The molecule has 1 N–H and O–H groups in total. The van der Waals surface area contributed by atoms with E-state index in [1.54, 1.807) is 0 Å². The molecule has 1 aromatic heterocycles. The molecule has 6 heteroatoms. The van der Waals surface area contributed by atoms with Gasteiger partial charge >= 0.3 is 0 Å². The summed E-state index contributed by atoms with van der Waals surface area (Å²) in [6, 6.07) is 0. The van der Waals surface area contributed by atoms with Crippen LogP contribution in [0.5, 0.6) is 0 Å². The standard InChI is InChI=1S/C13H21N5O/c1-17(2)13-15-11-3-4-14-9-10(11)12(16-13)18-5-7-19-8-6-18/h14H,3-9H2,1-2H3. The Morgan fingerprint density at radius 3 is 2.74 bits per heavy atom. The maximum absolute atomic E-state index is 5.43. The Morgan fingerprint density at radius 2 is 2.00 bits per heavy atom. The summed E-state index contributed by atoms with van der Waals surface area (Å²) < 4.78 is 5.43. The average Bonchev–Trinajstić information content (AvgIpc) is 2.47. The van der Waals surface area contributed by atoms with Crippen molar-refractivity contribution < 1.29 is 4.74 Å². The van der Waals surface area contributed by atoms with Crippen LogP contribution < -0.4 is 15.1 Å². The minimum Gasteiger partial charge on any atom is -0.378 e. The zero-order valence-corrected chi connectivity index (χ0v) is 11.6. The minimum atomic E-state index is 0.781. The van der Waals surface area contributed by atoms with Crippen LogP contribution in [0.3, 0.4) is 0 Å². The van der Waals surface area contributed by atoms with Gasteiger partial charge in [0.25, 0.3) is 0 Å². The van der Waals surface area contributed by atoms with E-state index in [0.29, 0.717) is 0 Å². The Hall–Kier alpha value is -1.40. The van der Waals surface area contributed by atoms with E-state index in [1.807, 2.05) is 19.0 Å². The third-order valence-corrected chi connectivity index (χ3v) is 3.61. The van der Waals surface area contributed by atoms with Crippen LogP contribution in [0, 0.1) is 0 Å². The van der Waals surface area contributed by atoms with Crippen molar-refractivity contribution in [3.05, 3.63) is 11.3 Å². The molecule has 0 radical (unpaired) electrons. The van der Waals surface area contributed by atoms with Gasteiger partial charge in [0.2, 0.25) is 5.95 Å². The van der Waals surface area contributed by atoms with Gasteiger partial charge in [-0.25, -0.2) is 4.98 Å². The summed E-state index contributed by atoms with van der Waals surface area (Å²) in [4.78, 5) is 13.7. The zero-order chi connectivity index (χ0) is 13.2. The molecule has 2 aliphatic heterocycles. The zero-order valence-electron chi connectivity index (χ0n) is 11.6. The highest BCUT2D eigenvalue weighted by atomic mass is 16.5. The van der Waals surface area contributed by atoms with E-state index < -0.39 is 0 Å². The second kappa shape index (κ2) is 5.30. The number of hydrogen-bond donors (Lipinski definition) is 1. The lowest BCUT2D eigenvalue weighted by Crippen LogP contribution is -2.39. The van der Waals surface area contributed by atoms with E-state index in [2.05, 4.69) is 15.2 Å². The molecular formula is C13H21N5O. The van der Waals surface area contributed by atoms with Gasteiger partial charge in [-0.15, -0.1) is 0 Å². The quantitative estimate of drug-likeness (QED) is 0.812. The van der Waals surface area contributed by atoms with Crippen LogP contribution in [0.4, 0.5) is 11.8 Å². The van der Waals surface area contributed by atoms with Crippen molar-refractivity contribution in [2.24, 2.45) is 0 Å². The Kier molecular flexibility index (Phi) is 3.52. The number of anilines is 2. The van der Waals surface area contributed by atoms with Crippen LogP contribution in [0.15, 0.2) is 0 Å². The average molecular weight is 263 g/mol. The van der Waals surface area contributed by atoms with Gasteiger partial charge < -0.3 is 19.9 Å². The fourth-order valence-electron chi connectivity index (χ4n) is 2.55. The molecule has 19 heavy (non-hydrogen) atoms. The molecule has 2 aliphatic rings. The number of hydrogen-bond acceptors (Lipinski definition) is 6. The van der Waals surface area contributed by atoms with Gasteiger partial charge in [-0.3, -0.25) is 0 Å². The first-order chi connectivity index (χ1) is 9.25. The van der Waals surface area contributed by atoms with Gasteiger partial charge in [0.15, 0.2) is 0 Å². The maximum Gasteiger partial charge on any atom is 0.227 e. The summed E-state index contributed by atoms with van der Waals surface area (Å²) in [7, 11) is 3.98. The molecule has 0 unspecified atom stereocenters. The molecule has 3 heterocycles. The number of aromatic nitrogens is 2. The van der Waals surface area contributed by atoms with Gasteiger partial charge in [-0.2, -0.15) is 4.98 Å². The minimum absolute atomic E-state index is 0.781. The third-order valence-electron chi connectivity index (χ3n) is 3.61. The lowest BCUT2D eigenvalue weighted by molar-refractivity contribution is 0.122. The molecule has 0 spiro atoms. The Bertz CT molecular complexity index is 457. The van der Waals surface area contributed by atoms with E-state index in [9.17, 15) is 0 Å². The first-order valence-corrected chi connectivity index (χ1v) is 6.86. The van der Waals surface area contributed by atoms with Crippen molar-refractivity contribution in [1.29, 1.82) is 0 Å². The molecule has 0 aliphatic carbocycles. The maximum atomic E-state index is 5.43. The van der Waals surface area contributed by atoms with Crippen molar-refractivity contribution in [3.63, 3.8) is 0 Å². The summed E-state index contributed by atoms with van der Waals surface area (Å²) in [6.45, 7) is 5.26. The highest BCUT2D eigenvalue weighted by Crippen LogP contribution is 2.26. The van der Waals surface area contributed by atoms with Gasteiger partial charge in [0.05, 0.1) is 18.9 Å². The summed E-state index contributed by atoms with van der Waals surface area (Å²) in [6.07, 6.45) is 0.982. The predicted molar refractivity (Wildman–Crippen MR) is 74.8 cm³/mol. The number of ether oxygens (including phenoxy) is 1. The SMILES string of the molecule is CN(C)c1nc2c(c(N3CCOCC3)n1)CNCC2. The second-order valence-electron chi connectivity index (χ2n) is 5.19. The van der Waals surface area contributed by atoms with Crippen LogP contribution in [-0.4, -0.2) is 56.9 Å². The monoisotopic (exact) mass is 263 g/mol. The van der Waals surface area contributed by atoms with Crippen LogP contribution >= 0.6 is 0 Å². The first kappa shape index (κ1) is 12.6. The number of nitrogens with zero attached hydrogens (tertiary/aromatic N) is 4. The lowest BCUT2D eigenvalue weighted by Gasteiger charge is -2.32. The van der Waals surface area contributed by atoms with Crippen molar-refractivity contribution in [2.45, 2.75) is 13.0 Å². The topological polar surface area (TPSA) is 53.5 Å². The highest BCUT2D eigenvalue weighted by molar-refractivity contribution is 5.54. The summed E-state index contributed by atoms with van der Waals surface area (Å²) in [5.41, 5.74) is 2.46. The fourth-order valence-corrected chi connectivity index (χ4v) is 2.55. The molecule has 6 nitrogen and oxygen atoms in total. The fraction of sp³-hybridized carbons (Fsp3) is 0.692. The number of fused-ring (bicyclic) bond motifs is 1. The molecule has 0 saturated carbocycles.